The van der Waals surface area contributed by atoms with Gasteiger partial charge < -0.3 is 9.80 Å². The van der Waals surface area contributed by atoms with Crippen LogP contribution < -0.4 is 0 Å². The van der Waals surface area contributed by atoms with Gasteiger partial charge in [-0.05, 0) is 38.5 Å². The highest BCUT2D eigenvalue weighted by Gasteiger charge is 2.33. The fourth-order valence-electron chi connectivity index (χ4n) is 3.97. The van der Waals surface area contributed by atoms with Crippen LogP contribution in [0.15, 0.2) is 0 Å². The summed E-state index contributed by atoms with van der Waals surface area (Å²) in [6, 6.07) is 0. The molecule has 0 bridgehead atoms. The van der Waals surface area contributed by atoms with E-state index in [2.05, 4.69) is 0 Å². The van der Waals surface area contributed by atoms with E-state index in [9.17, 15) is 9.59 Å². The first-order valence-corrected chi connectivity index (χ1v) is 8.33. The summed E-state index contributed by atoms with van der Waals surface area (Å²) >= 11 is 0. The lowest BCUT2D eigenvalue weighted by Gasteiger charge is -2.34. The molecule has 2 heterocycles. The second kappa shape index (κ2) is 6.15. The second-order valence-corrected chi connectivity index (χ2v) is 6.61. The number of nitrogens with zero attached hydrogens (tertiary/aromatic N) is 2. The highest BCUT2D eigenvalue weighted by atomic mass is 16.2. The standard InChI is InChI=1S/C16H26N2O2/c19-15(13-5-1-2-6-13)18-11-7-14(8-12-18)16(20)17-9-3-4-10-17/h13-14H,1-12H2. The molecule has 0 radical (unpaired) electrons. The van der Waals surface area contributed by atoms with Crippen molar-refractivity contribution in [3.8, 4) is 0 Å². The van der Waals surface area contributed by atoms with Crippen molar-refractivity contribution in [1.29, 1.82) is 0 Å². The van der Waals surface area contributed by atoms with Gasteiger partial charge in [-0.2, -0.15) is 0 Å². The van der Waals surface area contributed by atoms with Gasteiger partial charge in [-0.25, -0.2) is 0 Å². The van der Waals surface area contributed by atoms with Crippen LogP contribution in [-0.2, 0) is 9.59 Å². The first-order valence-electron chi connectivity index (χ1n) is 8.33. The molecular formula is C16H26N2O2. The Bertz CT molecular complexity index is 327. The van der Waals surface area contributed by atoms with Gasteiger partial charge in [-0.1, -0.05) is 12.8 Å². The maximum absolute atomic E-state index is 12.4. The Morgan fingerprint density at radius 3 is 1.60 bits per heavy atom. The maximum atomic E-state index is 12.4. The molecule has 4 nitrogen and oxygen atoms in total. The number of hydrogen-bond acceptors (Lipinski definition) is 2. The molecule has 0 N–H and O–H groups in total. The van der Waals surface area contributed by atoms with Gasteiger partial charge in [0.1, 0.15) is 0 Å². The van der Waals surface area contributed by atoms with Crippen LogP contribution in [0.5, 0.6) is 0 Å². The van der Waals surface area contributed by atoms with Gasteiger partial charge in [0.05, 0.1) is 0 Å². The zero-order chi connectivity index (χ0) is 13.9. The van der Waals surface area contributed by atoms with Gasteiger partial charge in [-0.3, -0.25) is 9.59 Å². The van der Waals surface area contributed by atoms with E-state index in [4.69, 9.17) is 0 Å². The molecule has 112 valence electrons. The first kappa shape index (κ1) is 13.9. The highest BCUT2D eigenvalue weighted by molar-refractivity contribution is 5.81. The van der Waals surface area contributed by atoms with Crippen LogP contribution >= 0.6 is 0 Å². The minimum absolute atomic E-state index is 0.167. The SMILES string of the molecule is O=C(C1CCN(C(=O)C2CCCC2)CC1)N1CCCC1. The smallest absolute Gasteiger partial charge is 0.225 e. The summed E-state index contributed by atoms with van der Waals surface area (Å²) in [7, 11) is 0. The van der Waals surface area contributed by atoms with E-state index in [1.54, 1.807) is 0 Å². The van der Waals surface area contributed by atoms with Gasteiger partial charge in [0.15, 0.2) is 0 Å². The Kier molecular flexibility index (Phi) is 4.27. The molecule has 20 heavy (non-hydrogen) atoms. The minimum atomic E-state index is 0.167. The predicted octanol–water partition coefficient (Wildman–Crippen LogP) is 2.04. The van der Waals surface area contributed by atoms with E-state index < -0.39 is 0 Å². The van der Waals surface area contributed by atoms with Gasteiger partial charge >= 0.3 is 0 Å². The lowest BCUT2D eigenvalue weighted by atomic mass is 9.94. The van der Waals surface area contributed by atoms with Crippen LogP contribution in [0.3, 0.4) is 0 Å². The van der Waals surface area contributed by atoms with Crippen molar-refractivity contribution in [2.45, 2.75) is 51.4 Å². The number of rotatable bonds is 2. The molecule has 3 aliphatic rings. The summed E-state index contributed by atoms with van der Waals surface area (Å²) in [6.45, 7) is 3.47. The van der Waals surface area contributed by atoms with E-state index >= 15 is 0 Å². The Morgan fingerprint density at radius 2 is 1.05 bits per heavy atom. The van der Waals surface area contributed by atoms with Gasteiger partial charge in [-0.15, -0.1) is 0 Å². The Labute approximate surface area is 121 Å². The van der Waals surface area contributed by atoms with E-state index in [0.717, 1.165) is 64.7 Å². The monoisotopic (exact) mass is 278 g/mol. The van der Waals surface area contributed by atoms with Crippen LogP contribution in [0.2, 0.25) is 0 Å². The van der Waals surface area contributed by atoms with Gasteiger partial charge in [0, 0.05) is 38.0 Å². The molecule has 0 aromatic heterocycles. The largest absolute Gasteiger partial charge is 0.342 e. The Hall–Kier alpha value is -1.06. The average Bonchev–Trinajstić information content (AvgIpc) is 3.18. The van der Waals surface area contributed by atoms with Crippen LogP contribution in [0, 0.1) is 11.8 Å². The molecule has 0 aromatic rings. The van der Waals surface area contributed by atoms with Crippen molar-refractivity contribution < 1.29 is 9.59 Å². The summed E-state index contributed by atoms with van der Waals surface area (Å²) in [5, 5.41) is 0. The predicted molar refractivity (Wildman–Crippen MR) is 77.1 cm³/mol. The summed E-state index contributed by atoms with van der Waals surface area (Å²) in [5.41, 5.74) is 0. The van der Waals surface area contributed by atoms with Crippen LogP contribution in [0.1, 0.15) is 51.4 Å². The summed E-state index contributed by atoms with van der Waals surface area (Å²) in [4.78, 5) is 28.8. The zero-order valence-electron chi connectivity index (χ0n) is 12.4. The number of carbonyl (C=O) groups is 2. The van der Waals surface area contributed by atoms with Crippen molar-refractivity contribution in [2.75, 3.05) is 26.2 Å². The third-order valence-electron chi connectivity index (χ3n) is 5.28. The molecule has 0 spiro atoms. The molecule has 0 aromatic carbocycles. The minimum Gasteiger partial charge on any atom is -0.342 e. The van der Waals surface area contributed by atoms with Crippen molar-refractivity contribution in [3.05, 3.63) is 0 Å². The fraction of sp³-hybridized carbons (Fsp3) is 0.875. The van der Waals surface area contributed by atoms with E-state index in [1.807, 2.05) is 9.80 Å². The quantitative estimate of drug-likeness (QED) is 0.775. The van der Waals surface area contributed by atoms with Crippen molar-refractivity contribution >= 4 is 11.8 Å². The number of piperidine rings is 1. The molecular weight excluding hydrogens is 252 g/mol. The molecule has 2 aliphatic heterocycles. The van der Waals surface area contributed by atoms with Crippen molar-refractivity contribution in [3.63, 3.8) is 0 Å². The van der Waals surface area contributed by atoms with Crippen LogP contribution in [0.25, 0.3) is 0 Å². The fourth-order valence-corrected chi connectivity index (χ4v) is 3.97. The first-order chi connectivity index (χ1) is 9.75. The summed E-state index contributed by atoms with van der Waals surface area (Å²) in [5.74, 6) is 1.14. The second-order valence-electron chi connectivity index (χ2n) is 6.61. The summed E-state index contributed by atoms with van der Waals surface area (Å²) < 4.78 is 0. The van der Waals surface area contributed by atoms with Crippen molar-refractivity contribution in [1.82, 2.24) is 9.80 Å². The Morgan fingerprint density at radius 1 is 0.600 bits per heavy atom. The van der Waals surface area contributed by atoms with E-state index in [-0.39, 0.29) is 11.8 Å². The van der Waals surface area contributed by atoms with Crippen LogP contribution in [-0.4, -0.2) is 47.8 Å². The van der Waals surface area contributed by atoms with E-state index in [1.165, 1.54) is 12.8 Å². The van der Waals surface area contributed by atoms with E-state index in [0.29, 0.717) is 11.8 Å². The molecule has 3 rings (SSSR count). The lowest BCUT2D eigenvalue weighted by molar-refractivity contribution is -0.142. The molecule has 1 saturated carbocycles. The van der Waals surface area contributed by atoms with Crippen molar-refractivity contribution in [2.24, 2.45) is 11.8 Å². The number of hydrogen-bond donors (Lipinski definition) is 0. The Balaban J connectivity index is 1.48. The maximum Gasteiger partial charge on any atom is 0.225 e. The average molecular weight is 278 g/mol. The molecule has 4 heteroatoms. The molecule has 2 amide bonds. The zero-order valence-corrected chi connectivity index (χ0v) is 12.4. The number of amides is 2. The molecule has 1 aliphatic carbocycles. The third-order valence-corrected chi connectivity index (χ3v) is 5.28. The molecule has 3 fully saturated rings. The molecule has 0 unspecified atom stereocenters. The topological polar surface area (TPSA) is 40.6 Å². The highest BCUT2D eigenvalue weighted by Crippen LogP contribution is 2.29. The van der Waals surface area contributed by atoms with Gasteiger partial charge in [0.2, 0.25) is 11.8 Å². The molecule has 0 atom stereocenters. The normalized spacial score (nSPS) is 25.4. The summed E-state index contributed by atoms with van der Waals surface area (Å²) in [6.07, 6.45) is 8.62. The third kappa shape index (κ3) is 2.84. The number of likely N-dealkylation sites (tertiary alicyclic amines) is 2. The number of carbonyl (C=O) groups excluding carboxylic acids is 2. The lowest BCUT2D eigenvalue weighted by Crippen LogP contribution is -2.45. The van der Waals surface area contributed by atoms with Crippen LogP contribution in [0.4, 0.5) is 0 Å². The molecule has 2 saturated heterocycles. The van der Waals surface area contributed by atoms with Gasteiger partial charge in [0.25, 0.3) is 0 Å².